The van der Waals surface area contributed by atoms with Crippen LogP contribution >= 0.6 is 0 Å². The van der Waals surface area contributed by atoms with Crippen LogP contribution in [-0.2, 0) is 10.1 Å². The van der Waals surface area contributed by atoms with Crippen molar-refractivity contribution in [2.45, 2.75) is 18.2 Å². The fourth-order valence-corrected chi connectivity index (χ4v) is 2.85. The molecule has 1 aliphatic rings. The van der Waals surface area contributed by atoms with E-state index in [-0.39, 0.29) is 22.8 Å². The molecule has 1 N–H and O–H groups in total. The third kappa shape index (κ3) is 2.37. The summed E-state index contributed by atoms with van der Waals surface area (Å²) < 4.78 is 37.4. The third-order valence-electron chi connectivity index (χ3n) is 2.93. The van der Waals surface area contributed by atoms with Gasteiger partial charge in [-0.05, 0) is 30.2 Å². The van der Waals surface area contributed by atoms with Crippen molar-refractivity contribution in [2.24, 2.45) is 0 Å². The summed E-state index contributed by atoms with van der Waals surface area (Å²) in [7, 11) is -4.44. The summed E-state index contributed by atoms with van der Waals surface area (Å²) >= 11 is 0. The number of aryl methyl sites for hydroxylation is 1. The smallest absolute Gasteiger partial charge is 0.298 e. The van der Waals surface area contributed by atoms with Gasteiger partial charge in [0, 0.05) is 12.0 Å². The molecule has 102 valence electrons. The first-order valence-corrected chi connectivity index (χ1v) is 7.11. The molecule has 0 spiro atoms. The predicted octanol–water partition coefficient (Wildman–Crippen LogP) is 1.82. The van der Waals surface area contributed by atoms with Crippen LogP contribution in [0.15, 0.2) is 22.6 Å². The van der Waals surface area contributed by atoms with Crippen LogP contribution in [0.4, 0.5) is 0 Å². The van der Waals surface area contributed by atoms with Crippen LogP contribution in [0.1, 0.15) is 17.5 Å². The minimum absolute atomic E-state index is 0.0117. The molecule has 7 heteroatoms. The maximum atomic E-state index is 11.4. The van der Waals surface area contributed by atoms with Gasteiger partial charge >= 0.3 is 0 Å². The molecule has 0 aromatic heterocycles. The summed E-state index contributed by atoms with van der Waals surface area (Å²) in [5, 5.41) is 17.9. The molecule has 1 aromatic carbocycles. The Morgan fingerprint density at radius 1 is 1.35 bits per heavy atom. The van der Waals surface area contributed by atoms with Crippen LogP contribution in [0.2, 0.25) is 0 Å². The molecule has 0 atom stereocenters. The Balaban J connectivity index is 2.85. The van der Waals surface area contributed by atoms with Crippen LogP contribution in [0.25, 0.3) is 5.57 Å². The molecule has 0 fully saturated rings. The van der Waals surface area contributed by atoms with E-state index in [0.717, 1.165) is 0 Å². The van der Waals surface area contributed by atoms with Gasteiger partial charge in [-0.25, -0.2) is 0 Å². The van der Waals surface area contributed by atoms with E-state index in [0.29, 0.717) is 23.1 Å². The average molecular weight is 290 g/mol. The average Bonchev–Trinajstić information content (AvgIpc) is 2.38. The van der Waals surface area contributed by atoms with Crippen molar-refractivity contribution >= 4 is 15.7 Å². The molecule has 1 aliphatic heterocycles. The zero-order valence-electron chi connectivity index (χ0n) is 10.5. The van der Waals surface area contributed by atoms with Gasteiger partial charge in [-0.3, -0.25) is 4.55 Å². The highest BCUT2D eigenvalue weighted by molar-refractivity contribution is 7.86. The van der Waals surface area contributed by atoms with Crippen LogP contribution in [0.5, 0.6) is 5.75 Å². The quantitative estimate of drug-likeness (QED) is 0.623. The van der Waals surface area contributed by atoms with E-state index < -0.39 is 10.1 Å². The number of nitriles is 2. The number of ether oxygens (including phenoxy) is 1. The van der Waals surface area contributed by atoms with E-state index in [2.05, 4.69) is 0 Å². The van der Waals surface area contributed by atoms with Gasteiger partial charge in [0.05, 0.1) is 6.61 Å². The van der Waals surface area contributed by atoms with Gasteiger partial charge in [0.1, 0.15) is 28.4 Å². The van der Waals surface area contributed by atoms with Crippen LogP contribution in [0, 0.1) is 29.6 Å². The molecule has 0 saturated carbocycles. The molecule has 2 rings (SSSR count). The number of fused-ring (bicyclic) bond motifs is 1. The van der Waals surface area contributed by atoms with Gasteiger partial charge in [0.2, 0.25) is 0 Å². The SMILES string of the molecule is Cc1cc2c(c(S(=O)(=O)O)c1)OCCC2=C(C#N)C#N. The monoisotopic (exact) mass is 290 g/mol. The van der Waals surface area contributed by atoms with Gasteiger partial charge in [0.15, 0.2) is 0 Å². The van der Waals surface area contributed by atoms with Crippen molar-refractivity contribution in [1.82, 2.24) is 0 Å². The fraction of sp³-hybridized carbons (Fsp3) is 0.231. The van der Waals surface area contributed by atoms with Crippen molar-refractivity contribution < 1.29 is 17.7 Å². The Bertz CT molecular complexity index is 779. The Labute approximate surface area is 116 Å². The Kier molecular flexibility index (Phi) is 3.49. The van der Waals surface area contributed by atoms with E-state index in [9.17, 15) is 13.0 Å². The van der Waals surface area contributed by atoms with Crippen molar-refractivity contribution in [3.63, 3.8) is 0 Å². The normalized spacial score (nSPS) is 13.7. The highest BCUT2D eigenvalue weighted by Gasteiger charge is 2.27. The van der Waals surface area contributed by atoms with Crippen LogP contribution in [-0.4, -0.2) is 19.6 Å². The molecule has 0 unspecified atom stereocenters. The topological polar surface area (TPSA) is 111 Å². The minimum atomic E-state index is -4.44. The van der Waals surface area contributed by atoms with E-state index in [1.165, 1.54) is 6.07 Å². The maximum absolute atomic E-state index is 11.4. The highest BCUT2D eigenvalue weighted by atomic mass is 32.2. The van der Waals surface area contributed by atoms with Gasteiger partial charge in [-0.2, -0.15) is 18.9 Å². The molecular weight excluding hydrogens is 280 g/mol. The Morgan fingerprint density at radius 2 is 2.00 bits per heavy atom. The summed E-state index contributed by atoms with van der Waals surface area (Å²) in [5.74, 6) is -0.0117. The highest BCUT2D eigenvalue weighted by Crippen LogP contribution is 2.40. The maximum Gasteiger partial charge on any atom is 0.298 e. The van der Waals surface area contributed by atoms with Crippen molar-refractivity contribution in [3.8, 4) is 17.9 Å². The Morgan fingerprint density at radius 3 is 2.55 bits per heavy atom. The van der Waals surface area contributed by atoms with E-state index in [1.807, 2.05) is 0 Å². The standard InChI is InChI=1S/C13H10N2O4S/c1-8-4-11-10(9(6-14)7-15)2-3-19-13(11)12(5-8)20(16,17)18/h4-5H,2-3H2,1H3,(H,16,17,18). The zero-order valence-corrected chi connectivity index (χ0v) is 11.4. The van der Waals surface area contributed by atoms with Gasteiger partial charge in [0.25, 0.3) is 10.1 Å². The first-order chi connectivity index (χ1) is 9.38. The largest absolute Gasteiger partial charge is 0.491 e. The first-order valence-electron chi connectivity index (χ1n) is 5.67. The summed E-state index contributed by atoms with van der Waals surface area (Å²) in [5.41, 5.74) is 1.29. The van der Waals surface area contributed by atoms with Crippen LogP contribution in [0.3, 0.4) is 0 Å². The van der Waals surface area contributed by atoms with Gasteiger partial charge in [-0.15, -0.1) is 0 Å². The summed E-state index contributed by atoms with van der Waals surface area (Å²) in [6, 6.07) is 6.50. The lowest BCUT2D eigenvalue weighted by Crippen LogP contribution is -2.13. The number of rotatable bonds is 1. The van der Waals surface area contributed by atoms with Crippen LogP contribution < -0.4 is 4.74 Å². The van der Waals surface area contributed by atoms with Gasteiger partial charge < -0.3 is 4.74 Å². The second-order valence-corrected chi connectivity index (χ2v) is 5.68. The molecule has 6 nitrogen and oxygen atoms in total. The number of benzene rings is 1. The van der Waals surface area contributed by atoms with Crippen molar-refractivity contribution in [2.75, 3.05) is 6.61 Å². The molecule has 0 amide bonds. The first kappa shape index (κ1) is 14.1. The second kappa shape index (κ2) is 4.97. The van der Waals surface area contributed by atoms with E-state index in [4.69, 9.17) is 15.3 Å². The summed E-state index contributed by atoms with van der Waals surface area (Å²) in [4.78, 5) is -0.347. The fourth-order valence-electron chi connectivity index (χ4n) is 2.11. The molecule has 20 heavy (non-hydrogen) atoms. The lowest BCUT2D eigenvalue weighted by atomic mass is 9.94. The van der Waals surface area contributed by atoms with E-state index in [1.54, 1.807) is 25.1 Å². The molecule has 1 aromatic rings. The lowest BCUT2D eigenvalue weighted by Gasteiger charge is -2.22. The second-order valence-electron chi connectivity index (χ2n) is 4.29. The van der Waals surface area contributed by atoms with Crippen molar-refractivity contribution in [1.29, 1.82) is 10.5 Å². The minimum Gasteiger partial charge on any atom is -0.491 e. The number of allylic oxidation sites excluding steroid dienone is 1. The molecule has 1 heterocycles. The molecular formula is C13H10N2O4S. The van der Waals surface area contributed by atoms with Gasteiger partial charge in [-0.1, -0.05) is 0 Å². The lowest BCUT2D eigenvalue weighted by molar-refractivity contribution is 0.306. The summed E-state index contributed by atoms with van der Waals surface area (Å²) in [6.45, 7) is 1.79. The summed E-state index contributed by atoms with van der Waals surface area (Å²) in [6.07, 6.45) is 0.331. The molecule has 0 bridgehead atoms. The third-order valence-corrected chi connectivity index (χ3v) is 3.79. The Hall–Kier alpha value is -2.35. The number of hydrogen-bond donors (Lipinski definition) is 1. The molecule has 0 radical (unpaired) electrons. The van der Waals surface area contributed by atoms with Crippen molar-refractivity contribution in [3.05, 3.63) is 28.8 Å². The number of hydrogen-bond acceptors (Lipinski definition) is 5. The molecule has 0 saturated heterocycles. The number of nitrogens with zero attached hydrogens (tertiary/aromatic N) is 2. The molecule has 0 aliphatic carbocycles. The predicted molar refractivity (Wildman–Crippen MR) is 69.3 cm³/mol. The van der Waals surface area contributed by atoms with E-state index >= 15 is 0 Å². The zero-order chi connectivity index (χ0) is 14.9.